The average molecular weight is 262 g/mol. The lowest BCUT2D eigenvalue weighted by molar-refractivity contribution is -0.125. The molecule has 2 rings (SSSR count). The molecule has 1 amide bonds. The van der Waals surface area contributed by atoms with E-state index in [2.05, 4.69) is 17.1 Å². The van der Waals surface area contributed by atoms with Gasteiger partial charge in [-0.2, -0.15) is 0 Å². The fourth-order valence-electron chi connectivity index (χ4n) is 3.01. The minimum atomic E-state index is -0.0745. The number of carbonyl (C=O) groups is 1. The summed E-state index contributed by atoms with van der Waals surface area (Å²) in [4.78, 5) is 14.2. The van der Waals surface area contributed by atoms with Gasteiger partial charge < -0.3 is 10.4 Å². The van der Waals surface area contributed by atoms with Crippen LogP contribution in [0.2, 0.25) is 0 Å². The Morgan fingerprint density at radius 3 is 2.89 bits per heavy atom. The summed E-state index contributed by atoms with van der Waals surface area (Å²) in [7, 11) is 1.68. The first-order valence-corrected chi connectivity index (χ1v) is 6.94. The van der Waals surface area contributed by atoms with Crippen LogP contribution in [-0.4, -0.2) is 35.5 Å². The molecule has 1 saturated heterocycles. The third-order valence-corrected chi connectivity index (χ3v) is 3.93. The lowest BCUT2D eigenvalue weighted by Gasteiger charge is -2.32. The quantitative estimate of drug-likeness (QED) is 0.873. The summed E-state index contributed by atoms with van der Waals surface area (Å²) in [5.74, 6) is 0.392. The van der Waals surface area contributed by atoms with E-state index in [0.717, 1.165) is 31.4 Å². The SMILES string of the molecule is CCC(c1ccccc1O)N1CCCC1C(=O)NC. The van der Waals surface area contributed by atoms with Crippen molar-refractivity contribution in [3.8, 4) is 5.75 Å². The lowest BCUT2D eigenvalue weighted by atomic mass is 10.0. The van der Waals surface area contributed by atoms with E-state index in [9.17, 15) is 9.90 Å². The number of likely N-dealkylation sites (N-methyl/N-ethyl adjacent to an activating group) is 1. The first-order chi connectivity index (χ1) is 9.19. The molecule has 1 aliphatic rings. The molecular formula is C15H22N2O2. The number of nitrogens with zero attached hydrogens (tertiary/aromatic N) is 1. The van der Waals surface area contributed by atoms with Gasteiger partial charge in [0.2, 0.25) is 5.91 Å². The fraction of sp³-hybridized carbons (Fsp3) is 0.533. The number of phenols is 1. The van der Waals surface area contributed by atoms with Crippen LogP contribution in [0.4, 0.5) is 0 Å². The number of rotatable bonds is 4. The highest BCUT2D eigenvalue weighted by atomic mass is 16.3. The summed E-state index contributed by atoms with van der Waals surface area (Å²) >= 11 is 0. The summed E-state index contributed by atoms with van der Waals surface area (Å²) in [5.41, 5.74) is 0.917. The van der Waals surface area contributed by atoms with Gasteiger partial charge in [0, 0.05) is 18.7 Å². The average Bonchev–Trinajstić information content (AvgIpc) is 2.90. The Kier molecular flexibility index (Phi) is 4.43. The molecule has 0 aliphatic carbocycles. The fourth-order valence-corrected chi connectivity index (χ4v) is 3.01. The van der Waals surface area contributed by atoms with Gasteiger partial charge in [0.1, 0.15) is 5.75 Å². The molecule has 2 atom stereocenters. The van der Waals surface area contributed by atoms with Gasteiger partial charge in [-0.05, 0) is 31.9 Å². The Balaban J connectivity index is 2.27. The number of hydrogen-bond donors (Lipinski definition) is 2. The Morgan fingerprint density at radius 2 is 2.26 bits per heavy atom. The van der Waals surface area contributed by atoms with Crippen LogP contribution in [0, 0.1) is 0 Å². The molecular weight excluding hydrogens is 240 g/mol. The predicted octanol–water partition coefficient (Wildman–Crippen LogP) is 2.05. The Labute approximate surface area is 114 Å². The molecule has 0 saturated carbocycles. The molecule has 19 heavy (non-hydrogen) atoms. The van der Waals surface area contributed by atoms with Crippen molar-refractivity contribution in [1.29, 1.82) is 0 Å². The molecule has 4 nitrogen and oxygen atoms in total. The maximum absolute atomic E-state index is 11.9. The Bertz CT molecular complexity index is 448. The van der Waals surface area contributed by atoms with E-state index in [-0.39, 0.29) is 18.0 Å². The maximum Gasteiger partial charge on any atom is 0.237 e. The van der Waals surface area contributed by atoms with Crippen LogP contribution in [0.25, 0.3) is 0 Å². The zero-order valence-electron chi connectivity index (χ0n) is 11.6. The highest BCUT2D eigenvalue weighted by molar-refractivity contribution is 5.81. The number of aromatic hydroxyl groups is 1. The monoisotopic (exact) mass is 262 g/mol. The third kappa shape index (κ3) is 2.73. The molecule has 1 aromatic rings. The van der Waals surface area contributed by atoms with Crippen molar-refractivity contribution < 1.29 is 9.90 Å². The minimum absolute atomic E-state index is 0.0745. The van der Waals surface area contributed by atoms with Gasteiger partial charge >= 0.3 is 0 Å². The lowest BCUT2D eigenvalue weighted by Crippen LogP contribution is -2.43. The van der Waals surface area contributed by atoms with E-state index in [0.29, 0.717) is 5.75 Å². The first-order valence-electron chi connectivity index (χ1n) is 6.94. The van der Waals surface area contributed by atoms with Crippen LogP contribution in [0.15, 0.2) is 24.3 Å². The second kappa shape index (κ2) is 6.06. The number of carbonyl (C=O) groups excluding carboxylic acids is 1. The van der Waals surface area contributed by atoms with Crippen LogP contribution in [-0.2, 0) is 4.79 Å². The molecule has 104 valence electrons. The van der Waals surface area contributed by atoms with Crippen molar-refractivity contribution >= 4 is 5.91 Å². The van der Waals surface area contributed by atoms with Crippen molar-refractivity contribution in [2.24, 2.45) is 0 Å². The van der Waals surface area contributed by atoms with Gasteiger partial charge in [0.05, 0.1) is 6.04 Å². The van der Waals surface area contributed by atoms with Gasteiger partial charge in [-0.1, -0.05) is 25.1 Å². The highest BCUT2D eigenvalue weighted by Gasteiger charge is 2.35. The van der Waals surface area contributed by atoms with E-state index in [1.807, 2.05) is 18.2 Å². The van der Waals surface area contributed by atoms with Crippen molar-refractivity contribution in [2.45, 2.75) is 38.3 Å². The van der Waals surface area contributed by atoms with Gasteiger partial charge in [0.25, 0.3) is 0 Å². The molecule has 0 spiro atoms. The minimum Gasteiger partial charge on any atom is -0.508 e. The van der Waals surface area contributed by atoms with Gasteiger partial charge in [0.15, 0.2) is 0 Å². The predicted molar refractivity (Wildman–Crippen MR) is 74.9 cm³/mol. The topological polar surface area (TPSA) is 52.6 Å². The molecule has 2 N–H and O–H groups in total. The second-order valence-electron chi connectivity index (χ2n) is 4.99. The molecule has 1 aliphatic heterocycles. The van der Waals surface area contributed by atoms with Crippen LogP contribution in [0.1, 0.15) is 37.8 Å². The third-order valence-electron chi connectivity index (χ3n) is 3.93. The van der Waals surface area contributed by atoms with Gasteiger partial charge in [-0.3, -0.25) is 9.69 Å². The summed E-state index contributed by atoms with van der Waals surface area (Å²) in [6.45, 7) is 3.00. The number of likely N-dealkylation sites (tertiary alicyclic amines) is 1. The summed E-state index contributed by atoms with van der Waals surface area (Å²) in [6.07, 6.45) is 2.80. The van der Waals surface area contributed by atoms with Crippen molar-refractivity contribution in [3.05, 3.63) is 29.8 Å². The van der Waals surface area contributed by atoms with Crippen LogP contribution < -0.4 is 5.32 Å². The van der Waals surface area contributed by atoms with E-state index in [4.69, 9.17) is 0 Å². The largest absolute Gasteiger partial charge is 0.508 e. The molecule has 1 heterocycles. The number of nitrogens with one attached hydrogen (secondary N) is 1. The van der Waals surface area contributed by atoms with E-state index in [1.165, 1.54) is 0 Å². The first kappa shape index (κ1) is 13.9. The van der Waals surface area contributed by atoms with E-state index >= 15 is 0 Å². The number of hydrogen-bond acceptors (Lipinski definition) is 3. The molecule has 2 unspecified atom stereocenters. The van der Waals surface area contributed by atoms with E-state index < -0.39 is 0 Å². The van der Waals surface area contributed by atoms with Crippen molar-refractivity contribution in [1.82, 2.24) is 10.2 Å². The van der Waals surface area contributed by atoms with Crippen LogP contribution in [0.3, 0.4) is 0 Å². The smallest absolute Gasteiger partial charge is 0.237 e. The van der Waals surface area contributed by atoms with Gasteiger partial charge in [-0.15, -0.1) is 0 Å². The van der Waals surface area contributed by atoms with E-state index in [1.54, 1.807) is 13.1 Å². The maximum atomic E-state index is 11.9. The molecule has 1 fully saturated rings. The highest BCUT2D eigenvalue weighted by Crippen LogP contribution is 2.35. The standard InChI is InChI=1S/C15H22N2O2/c1-3-12(11-7-4-5-9-14(11)18)17-10-6-8-13(17)15(19)16-2/h4-5,7,9,12-13,18H,3,6,8,10H2,1-2H3,(H,16,19). The molecule has 1 aromatic carbocycles. The molecule has 4 heteroatoms. The molecule has 0 aromatic heterocycles. The Morgan fingerprint density at radius 1 is 1.53 bits per heavy atom. The van der Waals surface area contributed by atoms with Gasteiger partial charge in [-0.25, -0.2) is 0 Å². The normalized spacial score (nSPS) is 21.3. The van der Waals surface area contributed by atoms with Crippen LogP contribution >= 0.6 is 0 Å². The van der Waals surface area contributed by atoms with Crippen LogP contribution in [0.5, 0.6) is 5.75 Å². The van der Waals surface area contributed by atoms with Crippen molar-refractivity contribution in [3.63, 3.8) is 0 Å². The Hall–Kier alpha value is -1.55. The summed E-state index contributed by atoms with van der Waals surface area (Å²) in [5, 5.41) is 12.8. The number of para-hydroxylation sites is 1. The molecule has 0 radical (unpaired) electrons. The zero-order valence-corrected chi connectivity index (χ0v) is 11.6. The second-order valence-corrected chi connectivity index (χ2v) is 4.99. The number of phenolic OH excluding ortho intramolecular Hbond substituents is 1. The summed E-state index contributed by atoms with van der Waals surface area (Å²) in [6, 6.07) is 7.45. The number of benzene rings is 1. The molecule has 0 bridgehead atoms. The number of amides is 1. The van der Waals surface area contributed by atoms with Crippen molar-refractivity contribution in [2.75, 3.05) is 13.6 Å². The zero-order chi connectivity index (χ0) is 13.8. The summed E-state index contributed by atoms with van der Waals surface area (Å²) < 4.78 is 0.